The monoisotopic (exact) mass is 332 g/mol. The number of esters is 1. The van der Waals surface area contributed by atoms with Crippen LogP contribution >= 0.6 is 0 Å². The predicted octanol–water partition coefficient (Wildman–Crippen LogP) is 2.53. The molecule has 0 unspecified atom stereocenters. The van der Waals surface area contributed by atoms with Gasteiger partial charge < -0.3 is 14.0 Å². The molecule has 0 aliphatic rings. The molecule has 0 bridgehead atoms. The SMILES string of the molecule is CC(C)(C)c1cc(NC(=O)COC(=O)COc2ccccc2)on1. The highest BCUT2D eigenvalue weighted by Crippen LogP contribution is 2.23. The van der Waals surface area contributed by atoms with Crippen molar-refractivity contribution in [3.63, 3.8) is 0 Å². The quantitative estimate of drug-likeness (QED) is 0.818. The first-order chi connectivity index (χ1) is 11.3. The molecule has 0 aliphatic heterocycles. The van der Waals surface area contributed by atoms with E-state index in [2.05, 4.69) is 10.5 Å². The lowest BCUT2D eigenvalue weighted by Crippen LogP contribution is -2.23. The number of carbonyl (C=O) groups excluding carboxylic acids is 2. The maximum Gasteiger partial charge on any atom is 0.344 e. The van der Waals surface area contributed by atoms with Crippen LogP contribution in [0.3, 0.4) is 0 Å². The van der Waals surface area contributed by atoms with Crippen molar-refractivity contribution in [2.45, 2.75) is 26.2 Å². The molecular formula is C17H20N2O5. The fraction of sp³-hybridized carbons (Fsp3) is 0.353. The molecule has 0 fully saturated rings. The molecule has 0 aliphatic carbocycles. The topological polar surface area (TPSA) is 90.7 Å². The summed E-state index contributed by atoms with van der Waals surface area (Å²) in [6, 6.07) is 10.5. The highest BCUT2D eigenvalue weighted by molar-refractivity contribution is 5.91. The number of rotatable bonds is 6. The van der Waals surface area contributed by atoms with E-state index < -0.39 is 18.5 Å². The summed E-state index contributed by atoms with van der Waals surface area (Å²) in [5, 5.41) is 6.36. The molecular weight excluding hydrogens is 312 g/mol. The molecule has 0 spiro atoms. The number of nitrogens with zero attached hydrogens (tertiary/aromatic N) is 1. The molecule has 2 aromatic rings. The Balaban J connectivity index is 1.72. The molecule has 1 heterocycles. The van der Waals surface area contributed by atoms with Gasteiger partial charge in [-0.3, -0.25) is 10.1 Å². The third-order valence-corrected chi connectivity index (χ3v) is 3.01. The Labute approximate surface area is 139 Å². The van der Waals surface area contributed by atoms with Gasteiger partial charge >= 0.3 is 5.97 Å². The largest absolute Gasteiger partial charge is 0.482 e. The van der Waals surface area contributed by atoms with E-state index in [4.69, 9.17) is 14.0 Å². The minimum absolute atomic E-state index is 0.187. The van der Waals surface area contributed by atoms with Crippen molar-refractivity contribution in [2.24, 2.45) is 0 Å². The van der Waals surface area contributed by atoms with Gasteiger partial charge in [-0.05, 0) is 12.1 Å². The zero-order chi connectivity index (χ0) is 17.6. The molecule has 0 atom stereocenters. The summed E-state index contributed by atoms with van der Waals surface area (Å²) in [5.41, 5.74) is 0.527. The summed E-state index contributed by atoms with van der Waals surface area (Å²) >= 11 is 0. The molecule has 7 heteroatoms. The number of benzene rings is 1. The molecule has 128 valence electrons. The normalized spacial score (nSPS) is 11.0. The van der Waals surface area contributed by atoms with Crippen LogP contribution in [0.2, 0.25) is 0 Å². The van der Waals surface area contributed by atoms with Gasteiger partial charge in [0, 0.05) is 11.5 Å². The summed E-state index contributed by atoms with van der Waals surface area (Å²) in [5.74, 6) is -0.390. The first kappa shape index (κ1) is 17.5. The molecule has 0 saturated heterocycles. The molecule has 2 rings (SSSR count). The Morgan fingerprint density at radius 2 is 1.88 bits per heavy atom. The number of anilines is 1. The van der Waals surface area contributed by atoms with Crippen molar-refractivity contribution < 1.29 is 23.6 Å². The van der Waals surface area contributed by atoms with Crippen molar-refractivity contribution in [1.82, 2.24) is 5.16 Å². The fourth-order valence-electron chi connectivity index (χ4n) is 1.71. The van der Waals surface area contributed by atoms with E-state index in [1.807, 2.05) is 26.8 Å². The maximum atomic E-state index is 11.7. The van der Waals surface area contributed by atoms with Gasteiger partial charge in [-0.25, -0.2) is 4.79 Å². The number of para-hydroxylation sites is 1. The van der Waals surface area contributed by atoms with Gasteiger partial charge in [-0.15, -0.1) is 0 Å². The van der Waals surface area contributed by atoms with E-state index in [9.17, 15) is 9.59 Å². The Hall–Kier alpha value is -2.83. The van der Waals surface area contributed by atoms with Crippen LogP contribution in [0.5, 0.6) is 5.75 Å². The van der Waals surface area contributed by atoms with Crippen molar-refractivity contribution in [3.8, 4) is 5.75 Å². The lowest BCUT2D eigenvalue weighted by molar-refractivity contribution is -0.149. The molecule has 7 nitrogen and oxygen atoms in total. The van der Waals surface area contributed by atoms with Gasteiger partial charge in [0.05, 0.1) is 5.69 Å². The minimum Gasteiger partial charge on any atom is -0.482 e. The highest BCUT2D eigenvalue weighted by atomic mass is 16.6. The van der Waals surface area contributed by atoms with Crippen LogP contribution in [-0.2, 0) is 19.7 Å². The van der Waals surface area contributed by atoms with Gasteiger partial charge in [-0.1, -0.05) is 44.1 Å². The zero-order valence-corrected chi connectivity index (χ0v) is 13.9. The number of nitrogens with one attached hydrogen (secondary N) is 1. The summed E-state index contributed by atoms with van der Waals surface area (Å²) in [6.45, 7) is 5.23. The summed E-state index contributed by atoms with van der Waals surface area (Å²) in [7, 11) is 0. The zero-order valence-electron chi connectivity index (χ0n) is 13.9. The standard InChI is InChI=1S/C17H20N2O5/c1-17(2,3)13-9-15(24-19-13)18-14(20)10-23-16(21)11-22-12-7-5-4-6-8-12/h4-9H,10-11H2,1-3H3,(H,18,20). The Kier molecular flexibility index (Phi) is 5.57. The molecule has 1 aromatic heterocycles. The number of ether oxygens (including phenoxy) is 2. The fourth-order valence-corrected chi connectivity index (χ4v) is 1.71. The smallest absolute Gasteiger partial charge is 0.344 e. The number of carbonyl (C=O) groups is 2. The first-order valence-electron chi connectivity index (χ1n) is 7.45. The molecule has 1 amide bonds. The second kappa shape index (κ2) is 7.63. The van der Waals surface area contributed by atoms with Crippen LogP contribution in [-0.4, -0.2) is 30.2 Å². The van der Waals surface area contributed by atoms with Gasteiger partial charge in [0.15, 0.2) is 13.2 Å². The van der Waals surface area contributed by atoms with E-state index in [0.29, 0.717) is 11.4 Å². The molecule has 0 radical (unpaired) electrons. The Morgan fingerprint density at radius 1 is 1.17 bits per heavy atom. The number of hydrogen-bond acceptors (Lipinski definition) is 6. The van der Waals surface area contributed by atoms with Crippen molar-refractivity contribution in [2.75, 3.05) is 18.5 Å². The predicted molar refractivity (Wildman–Crippen MR) is 86.7 cm³/mol. The average molecular weight is 332 g/mol. The lowest BCUT2D eigenvalue weighted by Gasteiger charge is -2.12. The van der Waals surface area contributed by atoms with E-state index in [1.165, 1.54) is 0 Å². The summed E-state index contributed by atoms with van der Waals surface area (Å²) < 4.78 is 15.1. The van der Waals surface area contributed by atoms with Gasteiger partial charge in [0.2, 0.25) is 5.88 Å². The van der Waals surface area contributed by atoms with Gasteiger partial charge in [-0.2, -0.15) is 0 Å². The summed E-state index contributed by atoms with van der Waals surface area (Å²) in [4.78, 5) is 23.3. The van der Waals surface area contributed by atoms with Crippen LogP contribution in [0.4, 0.5) is 5.88 Å². The Morgan fingerprint density at radius 3 is 2.50 bits per heavy atom. The van der Waals surface area contributed by atoms with Crippen LogP contribution in [0.25, 0.3) is 0 Å². The molecule has 1 N–H and O–H groups in total. The van der Waals surface area contributed by atoms with Crippen molar-refractivity contribution in [3.05, 3.63) is 42.1 Å². The second-order valence-corrected chi connectivity index (χ2v) is 6.14. The number of amides is 1. The van der Waals surface area contributed by atoms with Crippen molar-refractivity contribution in [1.29, 1.82) is 0 Å². The highest BCUT2D eigenvalue weighted by Gasteiger charge is 2.20. The van der Waals surface area contributed by atoms with E-state index in [0.717, 1.165) is 0 Å². The van der Waals surface area contributed by atoms with E-state index >= 15 is 0 Å². The molecule has 0 saturated carbocycles. The minimum atomic E-state index is -0.637. The third-order valence-electron chi connectivity index (χ3n) is 3.01. The van der Waals surface area contributed by atoms with Crippen molar-refractivity contribution >= 4 is 17.8 Å². The third kappa shape index (κ3) is 5.42. The van der Waals surface area contributed by atoms with Gasteiger partial charge in [0.1, 0.15) is 5.75 Å². The second-order valence-electron chi connectivity index (χ2n) is 6.14. The van der Waals surface area contributed by atoms with Crippen LogP contribution in [0.1, 0.15) is 26.5 Å². The number of aromatic nitrogens is 1. The summed E-state index contributed by atoms with van der Waals surface area (Å²) in [6.07, 6.45) is 0. The Bertz CT molecular complexity index is 689. The van der Waals surface area contributed by atoms with Gasteiger partial charge in [0.25, 0.3) is 5.91 Å². The number of hydrogen-bond donors (Lipinski definition) is 1. The van der Waals surface area contributed by atoms with Crippen LogP contribution in [0, 0.1) is 0 Å². The lowest BCUT2D eigenvalue weighted by atomic mass is 9.92. The van der Waals surface area contributed by atoms with Crippen LogP contribution in [0.15, 0.2) is 40.9 Å². The molecule has 24 heavy (non-hydrogen) atoms. The first-order valence-corrected chi connectivity index (χ1v) is 7.45. The van der Waals surface area contributed by atoms with E-state index in [-0.39, 0.29) is 17.9 Å². The van der Waals surface area contributed by atoms with Crippen LogP contribution < -0.4 is 10.1 Å². The van der Waals surface area contributed by atoms with E-state index in [1.54, 1.807) is 30.3 Å². The average Bonchev–Trinajstić information content (AvgIpc) is 3.00. The maximum absolute atomic E-state index is 11.7. The molecule has 1 aromatic carbocycles.